The molecule has 12 atom stereocenters. The molecule has 1 aliphatic rings. The minimum Gasteiger partial charge on any atom is -0.390 e. The number of aliphatic hydroxyl groups is 1. The molecule has 85 heavy (non-hydrogen) atoms. The van der Waals surface area contributed by atoms with Gasteiger partial charge in [0.05, 0.1) is 18.7 Å². The summed E-state index contributed by atoms with van der Waals surface area (Å²) < 4.78 is 0. The van der Waals surface area contributed by atoms with Crippen LogP contribution in [0.3, 0.4) is 0 Å². The zero-order chi connectivity index (χ0) is 66.0. The van der Waals surface area contributed by atoms with E-state index in [2.05, 4.69) is 16.0 Å². The number of likely N-dealkylation sites (N-methyl/N-ethyl adjacent to an activating group) is 7. The molecular weight excluding hydrogens is 1090 g/mol. The van der Waals surface area contributed by atoms with E-state index in [-0.39, 0.29) is 62.2 Å². The smallest absolute Gasteiger partial charge is 0.246 e. The summed E-state index contributed by atoms with van der Waals surface area (Å²) in [6.07, 6.45) is 2.84. The van der Waals surface area contributed by atoms with Crippen molar-refractivity contribution in [1.82, 2.24) is 50.2 Å². The van der Waals surface area contributed by atoms with Gasteiger partial charge in [-0.3, -0.25) is 52.7 Å². The fourth-order valence-corrected chi connectivity index (χ4v) is 10.9. The Morgan fingerprint density at radius 3 is 1.40 bits per heavy atom. The van der Waals surface area contributed by atoms with Crippen LogP contribution in [0.5, 0.6) is 0 Å². The van der Waals surface area contributed by atoms with E-state index in [0.717, 1.165) is 9.80 Å². The molecule has 1 unspecified atom stereocenters. The maximum absolute atomic E-state index is 15.1. The summed E-state index contributed by atoms with van der Waals surface area (Å²) in [6.45, 7) is 29.6. The molecule has 10 amide bonds. The fourth-order valence-electron chi connectivity index (χ4n) is 10.9. The predicted molar refractivity (Wildman–Crippen MR) is 330 cm³/mol. The van der Waals surface area contributed by atoms with Crippen molar-refractivity contribution in [2.24, 2.45) is 47.3 Å². The van der Waals surface area contributed by atoms with Gasteiger partial charge in [-0.15, -0.1) is 0 Å². The molecule has 22 nitrogen and oxygen atoms in total. The monoisotopic (exact) mass is 1200 g/mol. The Hall–Kier alpha value is -5.93. The van der Waals surface area contributed by atoms with Gasteiger partial charge in [-0.1, -0.05) is 116 Å². The van der Waals surface area contributed by atoms with Crippen LogP contribution in [0, 0.1) is 47.3 Å². The quantitative estimate of drug-likeness (QED) is 0.167. The Labute approximate surface area is 509 Å². The number of carbonyl (C=O) groups excluding carboxylic acids is 11. The van der Waals surface area contributed by atoms with Gasteiger partial charge in [-0.25, -0.2) is 0 Å². The summed E-state index contributed by atoms with van der Waals surface area (Å²) in [6, 6.07) is -10.9. The zero-order valence-electron chi connectivity index (χ0n) is 56.3. The summed E-state index contributed by atoms with van der Waals surface area (Å²) in [5.41, 5.74) is 0. The highest BCUT2D eigenvalue weighted by atomic mass is 16.3. The number of carbonyl (C=O) groups is 11. The predicted octanol–water partition coefficient (Wildman–Crippen LogP) is 4.36. The molecule has 0 bridgehead atoms. The van der Waals surface area contributed by atoms with E-state index >= 15 is 9.59 Å². The molecule has 1 saturated heterocycles. The molecule has 1 fully saturated rings. The highest BCUT2D eigenvalue weighted by molar-refractivity contribution is 5.99. The van der Waals surface area contributed by atoms with Crippen molar-refractivity contribution in [1.29, 1.82) is 0 Å². The van der Waals surface area contributed by atoms with E-state index in [4.69, 9.17) is 0 Å². The number of rotatable bonds is 15. The van der Waals surface area contributed by atoms with E-state index in [9.17, 15) is 48.3 Å². The lowest BCUT2D eigenvalue weighted by Gasteiger charge is -2.41. The second-order valence-corrected chi connectivity index (χ2v) is 26.4. The topological polar surface area (TPSA) is 267 Å². The third kappa shape index (κ3) is 21.8. The lowest BCUT2D eigenvalue weighted by atomic mass is 9.91. The van der Waals surface area contributed by atoms with Crippen LogP contribution in [-0.2, 0) is 52.7 Å². The maximum atomic E-state index is 15.1. The van der Waals surface area contributed by atoms with Crippen molar-refractivity contribution in [3.05, 3.63) is 12.2 Å². The number of hydrogen-bond acceptors (Lipinski definition) is 12. The van der Waals surface area contributed by atoms with Crippen LogP contribution in [-0.4, -0.2) is 221 Å². The van der Waals surface area contributed by atoms with Crippen LogP contribution in [0.25, 0.3) is 0 Å². The first-order valence-electron chi connectivity index (χ1n) is 30.8. The summed E-state index contributed by atoms with van der Waals surface area (Å²) in [5.74, 6) is -10.1. The van der Waals surface area contributed by atoms with Crippen LogP contribution in [0.15, 0.2) is 12.2 Å². The van der Waals surface area contributed by atoms with E-state index in [1.165, 1.54) is 80.8 Å². The van der Waals surface area contributed by atoms with E-state index in [1.807, 2.05) is 61.5 Å². The van der Waals surface area contributed by atoms with Gasteiger partial charge in [0.25, 0.3) is 0 Å². The van der Waals surface area contributed by atoms with E-state index in [0.29, 0.717) is 6.42 Å². The van der Waals surface area contributed by atoms with Gasteiger partial charge in [0.15, 0.2) is 5.78 Å². The molecule has 0 aromatic heterocycles. The number of nitrogens with one attached hydrogen (secondary N) is 3. The number of Topliss-reactive ketones (excluding diaryl/α,β-unsaturated/α-hetero) is 1. The first-order chi connectivity index (χ1) is 39.2. The second kappa shape index (κ2) is 35.0. The van der Waals surface area contributed by atoms with Gasteiger partial charge in [0.2, 0.25) is 59.1 Å². The molecule has 0 radical (unpaired) electrons. The molecule has 486 valence electrons. The molecule has 0 aliphatic carbocycles. The van der Waals surface area contributed by atoms with Crippen molar-refractivity contribution < 1.29 is 57.8 Å². The van der Waals surface area contributed by atoms with Crippen molar-refractivity contribution in [3.8, 4) is 0 Å². The molecule has 4 N–H and O–H groups in total. The number of amides is 10. The van der Waals surface area contributed by atoms with Crippen molar-refractivity contribution >= 4 is 64.9 Å². The largest absolute Gasteiger partial charge is 0.390 e. The Morgan fingerprint density at radius 1 is 0.494 bits per heavy atom. The maximum Gasteiger partial charge on any atom is 0.246 e. The highest BCUT2D eigenvalue weighted by Gasteiger charge is 2.45. The van der Waals surface area contributed by atoms with Crippen molar-refractivity contribution in [3.63, 3.8) is 0 Å². The van der Waals surface area contributed by atoms with Crippen LogP contribution >= 0.6 is 0 Å². The number of nitrogens with zero attached hydrogens (tertiary/aromatic N) is 7. The van der Waals surface area contributed by atoms with E-state index < -0.39 is 156 Å². The molecular formula is C63H112N10O12. The number of allylic oxidation sites excluding steroid dienone is 2. The van der Waals surface area contributed by atoms with Crippen LogP contribution in [0.1, 0.15) is 163 Å². The van der Waals surface area contributed by atoms with Crippen LogP contribution in [0.4, 0.5) is 0 Å². The first-order valence-corrected chi connectivity index (χ1v) is 30.8. The average Bonchev–Trinajstić information content (AvgIpc) is 3.62. The second-order valence-electron chi connectivity index (χ2n) is 26.4. The molecule has 0 aromatic rings. The highest BCUT2D eigenvalue weighted by Crippen LogP contribution is 2.26. The third-order valence-corrected chi connectivity index (χ3v) is 16.3. The van der Waals surface area contributed by atoms with Gasteiger partial charge < -0.3 is 55.4 Å². The SMILES string of the molecule is C/C=C/C[C@@H](C)[C@@H](O)C1C(=O)N[C@@H](CC)C(=O)N(C)CC(=O)N(C)[C@@H](CC(C)C)C(=O)N[C@@H](C(C)C)C(=O)N(C)[C@@H](CC(C)C)C(=O)C[C@@H](C)C(=O)N[C@H](C)C(=O)N(C)[C@@H](CC(C)C)C(=O)N(C)[C@@H](CC(C)C)C(=O)N(C)[C@@H](C(C)C)C(=O)N1C. The van der Waals surface area contributed by atoms with Crippen molar-refractivity contribution in [2.75, 3.05) is 55.9 Å². The number of aliphatic hydroxyl groups excluding tert-OH is 1. The summed E-state index contributed by atoms with van der Waals surface area (Å²) in [5, 5.41) is 20.4. The summed E-state index contributed by atoms with van der Waals surface area (Å²) in [4.78, 5) is 169. The molecule has 1 rings (SSSR count). The van der Waals surface area contributed by atoms with Crippen LogP contribution < -0.4 is 16.0 Å². The zero-order valence-corrected chi connectivity index (χ0v) is 56.3. The van der Waals surface area contributed by atoms with Gasteiger partial charge in [-0.05, 0) is 93.8 Å². The minimum absolute atomic E-state index is 0.0268. The normalized spacial score (nSPS) is 27.0. The molecule has 1 heterocycles. The Balaban J connectivity index is 4.32. The number of hydrogen-bond donors (Lipinski definition) is 4. The third-order valence-electron chi connectivity index (χ3n) is 16.3. The summed E-state index contributed by atoms with van der Waals surface area (Å²) in [7, 11) is 10.0. The standard InChI is InChI=1S/C63H112N10O12/c1-25-27-28-41(15)54(76)53-57(79)65-44(26-2)59(81)67(18)34-50(75)68(19)46(30-36(5)6)56(78)66-51(39(11)12)62(84)69(20)45(29-35(3)4)49(74)33-42(16)55(77)64-43(17)58(80)70(21)47(31-37(7)8)60(82)71(22)48(32-38(9)10)61(83)72(23)52(40(13)14)63(85)73(53)24/h25,27,35-48,51-54,76H,26,28-34H2,1-24H3,(H,64,77)(H,65,79)(H,66,78)/b27-25+/t41-,42-,43-,44+,45+,46+,47+,48+,51+,52+,53?,54-/m1/s1. The minimum atomic E-state index is -1.61. The summed E-state index contributed by atoms with van der Waals surface area (Å²) >= 11 is 0. The van der Waals surface area contributed by atoms with Gasteiger partial charge in [0.1, 0.15) is 48.3 Å². The molecule has 0 spiro atoms. The number of ketones is 1. The van der Waals surface area contributed by atoms with Gasteiger partial charge in [0, 0.05) is 61.7 Å². The lowest BCUT2D eigenvalue weighted by molar-refractivity contribution is -0.157. The van der Waals surface area contributed by atoms with E-state index in [1.54, 1.807) is 61.5 Å². The van der Waals surface area contributed by atoms with Crippen LogP contribution in [0.2, 0.25) is 0 Å². The lowest BCUT2D eigenvalue weighted by Crippen LogP contribution is -2.63. The average molecular weight is 1200 g/mol. The first kappa shape index (κ1) is 77.1. The fraction of sp³-hybridized carbons (Fsp3) is 0.794. The molecule has 0 aromatic carbocycles. The molecule has 0 saturated carbocycles. The Kier molecular flexibility index (Phi) is 31.8. The van der Waals surface area contributed by atoms with Crippen molar-refractivity contribution in [2.45, 2.75) is 223 Å². The van der Waals surface area contributed by atoms with Gasteiger partial charge in [-0.2, -0.15) is 0 Å². The molecule has 1 aliphatic heterocycles. The Bertz CT molecular complexity index is 2320. The molecule has 22 heteroatoms. The Morgan fingerprint density at radius 2 is 0.941 bits per heavy atom. The van der Waals surface area contributed by atoms with Gasteiger partial charge >= 0.3 is 0 Å².